The Morgan fingerprint density at radius 1 is 1.06 bits per heavy atom. The summed E-state index contributed by atoms with van der Waals surface area (Å²) in [6.45, 7) is 0. The molecule has 0 unspecified atom stereocenters. The molecule has 0 N–H and O–H groups in total. The van der Waals surface area contributed by atoms with Crippen LogP contribution in [0.4, 0.5) is 0 Å². The highest BCUT2D eigenvalue weighted by Gasteiger charge is 2.04. The number of fused-ring (bicyclic) bond motifs is 1. The molecular formula is C12H9Br3O. The van der Waals surface area contributed by atoms with Gasteiger partial charge in [-0.25, -0.2) is 0 Å². The van der Waals surface area contributed by atoms with Gasteiger partial charge in [0.1, 0.15) is 0 Å². The lowest BCUT2D eigenvalue weighted by molar-refractivity contribution is 0.102. The van der Waals surface area contributed by atoms with Crippen molar-refractivity contribution in [2.75, 3.05) is 5.33 Å². The van der Waals surface area contributed by atoms with E-state index in [0.717, 1.165) is 20.8 Å². The van der Waals surface area contributed by atoms with Crippen LogP contribution >= 0.6 is 48.8 Å². The molecule has 0 aliphatic heterocycles. The molecule has 0 fully saturated rings. The van der Waals surface area contributed by atoms with Crippen molar-refractivity contribution in [3.05, 3.63) is 46.4 Å². The molecule has 2 aromatic carbocycles. The monoisotopic (exact) mass is 406 g/mol. The number of halogens is 3. The van der Waals surface area contributed by atoms with E-state index in [9.17, 15) is 4.79 Å². The highest BCUT2D eigenvalue weighted by molar-refractivity contribution is 9.10. The Morgan fingerprint density at radius 2 is 1.69 bits per heavy atom. The van der Waals surface area contributed by atoms with Crippen molar-refractivity contribution in [1.82, 2.24) is 0 Å². The summed E-state index contributed by atoms with van der Waals surface area (Å²) in [5, 5.41) is 2.59. The first-order chi connectivity index (χ1) is 7.20. The summed E-state index contributed by atoms with van der Waals surface area (Å²) in [4.78, 5) is 11.5. The summed E-state index contributed by atoms with van der Waals surface area (Å²) in [6.07, 6.45) is 0. The van der Waals surface area contributed by atoms with Crippen molar-refractivity contribution in [2.45, 2.75) is 0 Å². The molecule has 0 aliphatic carbocycles. The highest BCUT2D eigenvalue weighted by atomic mass is 79.9. The number of hydrogen-bond donors (Lipinski definition) is 0. The summed E-state index contributed by atoms with van der Waals surface area (Å²) in [5.41, 5.74) is 0.752. The van der Waals surface area contributed by atoms with Crippen molar-refractivity contribution < 1.29 is 4.79 Å². The van der Waals surface area contributed by atoms with Crippen molar-refractivity contribution in [3.63, 3.8) is 0 Å². The van der Waals surface area contributed by atoms with Gasteiger partial charge in [0, 0.05) is 10.0 Å². The van der Waals surface area contributed by atoms with Gasteiger partial charge in [-0.2, -0.15) is 0 Å². The summed E-state index contributed by atoms with van der Waals surface area (Å²) in [7, 11) is 0. The van der Waals surface area contributed by atoms with Gasteiger partial charge in [0.05, 0.1) is 5.33 Å². The van der Waals surface area contributed by atoms with Crippen LogP contribution in [0.3, 0.4) is 0 Å². The molecule has 2 aromatic rings. The van der Waals surface area contributed by atoms with Crippen LogP contribution in [0.5, 0.6) is 0 Å². The van der Waals surface area contributed by atoms with E-state index in [0.29, 0.717) is 5.33 Å². The van der Waals surface area contributed by atoms with Gasteiger partial charge in [0.2, 0.25) is 0 Å². The Labute approximate surface area is 121 Å². The summed E-state index contributed by atoms with van der Waals surface area (Å²) < 4.78 is 1.05. The number of Topliss-reactive ketones (excluding diaryl/α,β-unsaturated/α-hetero) is 1. The van der Waals surface area contributed by atoms with Gasteiger partial charge in [-0.05, 0) is 29.0 Å². The zero-order valence-electron chi connectivity index (χ0n) is 8.24. The third-order valence-electron chi connectivity index (χ3n) is 2.25. The number of alkyl halides is 1. The van der Waals surface area contributed by atoms with E-state index in [-0.39, 0.29) is 22.8 Å². The fraction of sp³-hybridized carbons (Fsp3) is 0.0833. The van der Waals surface area contributed by atoms with E-state index in [4.69, 9.17) is 0 Å². The predicted octanol–water partition coefficient (Wildman–Crippen LogP) is 4.76. The summed E-state index contributed by atoms with van der Waals surface area (Å²) in [5.74, 6) is 0.111. The van der Waals surface area contributed by atoms with Crippen molar-refractivity contribution in [3.8, 4) is 0 Å². The lowest BCUT2D eigenvalue weighted by Crippen LogP contribution is -1.98. The van der Waals surface area contributed by atoms with Crippen LogP contribution < -0.4 is 0 Å². The van der Waals surface area contributed by atoms with Gasteiger partial charge in [-0.1, -0.05) is 50.1 Å². The highest BCUT2D eigenvalue weighted by Crippen LogP contribution is 2.21. The molecule has 0 atom stereocenters. The summed E-state index contributed by atoms with van der Waals surface area (Å²) in [6, 6.07) is 11.8. The molecule has 0 saturated carbocycles. The molecule has 0 saturated heterocycles. The SMILES string of the molecule is Br.O=C(CBr)c1ccc2cc(Br)ccc2c1. The Balaban J connectivity index is 0.00000128. The molecule has 0 heterocycles. The largest absolute Gasteiger partial charge is 0.293 e. The maximum Gasteiger partial charge on any atom is 0.173 e. The number of hydrogen-bond acceptors (Lipinski definition) is 1. The van der Waals surface area contributed by atoms with E-state index in [1.54, 1.807) is 0 Å². The maximum absolute atomic E-state index is 11.5. The Bertz CT molecular complexity index is 523. The molecular weight excluding hydrogens is 400 g/mol. The molecule has 16 heavy (non-hydrogen) atoms. The standard InChI is InChI=1S/C12H8Br2O.BrH/c13-7-12(15)10-2-1-9-6-11(14)4-3-8(9)5-10;/h1-6H,7H2;1H. The molecule has 0 radical (unpaired) electrons. The second kappa shape index (κ2) is 5.94. The molecule has 4 heteroatoms. The Morgan fingerprint density at radius 3 is 2.38 bits per heavy atom. The van der Waals surface area contributed by atoms with Crippen LogP contribution in [0.2, 0.25) is 0 Å². The minimum absolute atomic E-state index is 0. The molecule has 0 bridgehead atoms. The minimum Gasteiger partial charge on any atom is -0.293 e. The normalized spacial score (nSPS) is 9.88. The van der Waals surface area contributed by atoms with Crippen LogP contribution in [-0.2, 0) is 0 Å². The first kappa shape index (κ1) is 13.9. The van der Waals surface area contributed by atoms with Gasteiger partial charge >= 0.3 is 0 Å². The van der Waals surface area contributed by atoms with Crippen molar-refractivity contribution >= 4 is 65.4 Å². The summed E-state index contributed by atoms with van der Waals surface area (Å²) >= 11 is 6.59. The fourth-order valence-corrected chi connectivity index (χ4v) is 2.17. The van der Waals surface area contributed by atoms with Gasteiger partial charge in [-0.15, -0.1) is 17.0 Å². The van der Waals surface area contributed by atoms with E-state index < -0.39 is 0 Å². The van der Waals surface area contributed by atoms with E-state index >= 15 is 0 Å². The second-order valence-corrected chi connectivity index (χ2v) is 4.74. The van der Waals surface area contributed by atoms with Crippen LogP contribution in [0.25, 0.3) is 10.8 Å². The number of benzene rings is 2. The molecule has 0 aliphatic rings. The smallest absolute Gasteiger partial charge is 0.173 e. The average molecular weight is 409 g/mol. The van der Waals surface area contributed by atoms with E-state index in [2.05, 4.69) is 31.9 Å². The fourth-order valence-electron chi connectivity index (χ4n) is 1.47. The molecule has 0 spiro atoms. The number of carbonyl (C=O) groups is 1. The van der Waals surface area contributed by atoms with Crippen LogP contribution in [0, 0.1) is 0 Å². The maximum atomic E-state index is 11.5. The van der Waals surface area contributed by atoms with Crippen molar-refractivity contribution in [1.29, 1.82) is 0 Å². The average Bonchev–Trinajstić information content (AvgIpc) is 2.27. The molecule has 0 aromatic heterocycles. The van der Waals surface area contributed by atoms with E-state index in [1.807, 2.05) is 36.4 Å². The Hall–Kier alpha value is -0.190. The molecule has 1 nitrogen and oxygen atoms in total. The number of rotatable bonds is 2. The second-order valence-electron chi connectivity index (χ2n) is 3.26. The zero-order valence-corrected chi connectivity index (χ0v) is 13.1. The van der Waals surface area contributed by atoms with Gasteiger partial charge < -0.3 is 0 Å². The van der Waals surface area contributed by atoms with Crippen LogP contribution in [-0.4, -0.2) is 11.1 Å². The quantitative estimate of drug-likeness (QED) is 0.517. The topological polar surface area (TPSA) is 17.1 Å². The van der Waals surface area contributed by atoms with Gasteiger partial charge in [-0.3, -0.25) is 4.79 Å². The zero-order chi connectivity index (χ0) is 10.8. The lowest BCUT2D eigenvalue weighted by atomic mass is 10.1. The van der Waals surface area contributed by atoms with Crippen molar-refractivity contribution in [2.24, 2.45) is 0 Å². The molecule has 0 amide bonds. The minimum atomic E-state index is 0. The number of carbonyl (C=O) groups excluding carboxylic acids is 1. The third kappa shape index (κ3) is 2.93. The van der Waals surface area contributed by atoms with E-state index in [1.165, 1.54) is 0 Å². The third-order valence-corrected chi connectivity index (χ3v) is 3.25. The Kier molecular flexibility index (Phi) is 5.15. The first-order valence-electron chi connectivity index (χ1n) is 4.49. The first-order valence-corrected chi connectivity index (χ1v) is 6.40. The van der Waals surface area contributed by atoms with Crippen LogP contribution in [0.1, 0.15) is 10.4 Å². The van der Waals surface area contributed by atoms with Gasteiger partial charge in [0.15, 0.2) is 5.78 Å². The molecule has 84 valence electrons. The predicted molar refractivity (Wildman–Crippen MR) is 80.1 cm³/mol. The lowest BCUT2D eigenvalue weighted by Gasteiger charge is -2.01. The van der Waals surface area contributed by atoms with Gasteiger partial charge in [0.25, 0.3) is 0 Å². The van der Waals surface area contributed by atoms with Crippen LogP contribution in [0.15, 0.2) is 40.9 Å². The number of ketones is 1. The molecule has 2 rings (SSSR count).